The Labute approximate surface area is 170 Å². The number of alkyl halides is 3. The molecular formula is C21H28F3N4O+. The summed E-state index contributed by atoms with van der Waals surface area (Å²) in [6.07, 6.45) is 6.10. The van der Waals surface area contributed by atoms with Crippen molar-refractivity contribution < 1.29 is 22.9 Å². The van der Waals surface area contributed by atoms with Crippen molar-refractivity contribution in [2.24, 2.45) is 11.8 Å². The van der Waals surface area contributed by atoms with Crippen LogP contribution in [0.4, 0.5) is 24.7 Å². The number of rotatable bonds is 10. The Morgan fingerprint density at radius 2 is 2.03 bits per heavy atom. The first-order chi connectivity index (χ1) is 13.9. The highest BCUT2D eigenvalue weighted by atomic mass is 19.4. The molecule has 1 heterocycles. The van der Waals surface area contributed by atoms with E-state index in [1.165, 1.54) is 12.2 Å². The first-order valence-corrected chi connectivity index (χ1v) is 9.85. The van der Waals surface area contributed by atoms with Gasteiger partial charge in [-0.25, -0.2) is 0 Å². The summed E-state index contributed by atoms with van der Waals surface area (Å²) in [7, 11) is 1.73. The summed E-state index contributed by atoms with van der Waals surface area (Å²) in [5.74, 6) is -1.53. The van der Waals surface area contributed by atoms with E-state index in [0.717, 1.165) is 6.42 Å². The van der Waals surface area contributed by atoms with Crippen molar-refractivity contribution >= 4 is 17.4 Å². The number of hydrogen-bond acceptors (Lipinski definition) is 3. The number of allylic oxidation sites excluding steroid dienone is 4. The lowest BCUT2D eigenvalue weighted by molar-refractivity contribution is -0.275. The van der Waals surface area contributed by atoms with E-state index in [-0.39, 0.29) is 12.5 Å². The summed E-state index contributed by atoms with van der Waals surface area (Å²) < 4.78 is 39.5. The average Bonchev–Trinajstić information content (AvgIpc) is 2.71. The predicted molar refractivity (Wildman–Crippen MR) is 106 cm³/mol. The molecule has 158 valence electrons. The van der Waals surface area contributed by atoms with E-state index in [4.69, 9.17) is 0 Å². The molecule has 1 aromatic rings. The molecule has 0 spiro atoms. The van der Waals surface area contributed by atoms with Crippen LogP contribution >= 0.6 is 0 Å². The van der Waals surface area contributed by atoms with E-state index in [0.29, 0.717) is 37.4 Å². The molecule has 1 aliphatic carbocycles. The topological polar surface area (TPSA) is 58.5 Å². The van der Waals surface area contributed by atoms with Crippen molar-refractivity contribution in [3.05, 3.63) is 42.6 Å². The first kappa shape index (κ1) is 22.6. The van der Waals surface area contributed by atoms with E-state index in [1.54, 1.807) is 36.2 Å². The molecule has 0 radical (unpaired) electrons. The van der Waals surface area contributed by atoms with Crippen molar-refractivity contribution in [2.45, 2.75) is 32.4 Å². The van der Waals surface area contributed by atoms with Gasteiger partial charge in [0.05, 0.1) is 19.5 Å². The van der Waals surface area contributed by atoms with Crippen molar-refractivity contribution in [1.82, 2.24) is 4.90 Å². The average molecular weight is 409 g/mol. The fourth-order valence-electron chi connectivity index (χ4n) is 3.41. The summed E-state index contributed by atoms with van der Waals surface area (Å²) in [6, 6.07) is 3.43. The van der Waals surface area contributed by atoms with Crippen molar-refractivity contribution in [3.63, 3.8) is 0 Å². The molecule has 0 saturated carbocycles. The summed E-state index contributed by atoms with van der Waals surface area (Å²) in [6.45, 7) is 3.08. The second kappa shape index (κ2) is 10.7. The van der Waals surface area contributed by atoms with Crippen LogP contribution in [0.15, 0.2) is 36.4 Å². The third-order valence-corrected chi connectivity index (χ3v) is 4.86. The van der Waals surface area contributed by atoms with E-state index < -0.39 is 18.0 Å². The van der Waals surface area contributed by atoms with Gasteiger partial charge in [-0.15, -0.1) is 0 Å². The first-order valence-electron chi connectivity index (χ1n) is 9.85. The van der Waals surface area contributed by atoms with Gasteiger partial charge < -0.3 is 10.2 Å². The SMILES string of the molecule is CCCN(CCCC1C=CC=CC1C(F)(F)F)C(=O)CNc1ccc#[n+]c1NC. The lowest BCUT2D eigenvalue weighted by Crippen LogP contribution is -2.37. The van der Waals surface area contributed by atoms with Gasteiger partial charge in [-0.05, 0) is 31.2 Å². The molecule has 1 aromatic heterocycles. The van der Waals surface area contributed by atoms with E-state index in [9.17, 15) is 18.0 Å². The van der Waals surface area contributed by atoms with Crippen LogP contribution in [0, 0.1) is 18.0 Å². The van der Waals surface area contributed by atoms with Crippen LogP contribution in [0.3, 0.4) is 0 Å². The van der Waals surface area contributed by atoms with Gasteiger partial charge in [0.2, 0.25) is 5.91 Å². The third-order valence-electron chi connectivity index (χ3n) is 4.86. The van der Waals surface area contributed by atoms with Crippen molar-refractivity contribution in [3.8, 4) is 0 Å². The number of carbonyl (C=O) groups excluding carboxylic acids is 1. The Morgan fingerprint density at radius 3 is 2.72 bits per heavy atom. The minimum absolute atomic E-state index is 0.0896. The van der Waals surface area contributed by atoms with E-state index in [1.807, 2.05) is 6.92 Å². The van der Waals surface area contributed by atoms with Gasteiger partial charge in [0.15, 0.2) is 6.20 Å². The number of hydrogen-bond donors (Lipinski definition) is 2. The maximum atomic E-state index is 13.2. The number of nitrogens with one attached hydrogen (secondary N) is 2. The molecule has 29 heavy (non-hydrogen) atoms. The minimum Gasteiger partial charge on any atom is -0.368 e. The minimum atomic E-state index is -4.25. The zero-order valence-corrected chi connectivity index (χ0v) is 16.8. The van der Waals surface area contributed by atoms with Gasteiger partial charge in [-0.2, -0.15) is 18.2 Å². The molecule has 0 saturated heterocycles. The van der Waals surface area contributed by atoms with Crippen LogP contribution < -0.4 is 15.6 Å². The molecule has 2 unspecified atom stereocenters. The Kier molecular flexibility index (Phi) is 8.37. The Balaban J connectivity index is 1.88. The summed E-state index contributed by atoms with van der Waals surface area (Å²) in [4.78, 5) is 18.4. The molecule has 0 aliphatic heterocycles. The Hall–Kier alpha value is -2.69. The highest BCUT2D eigenvalue weighted by Gasteiger charge is 2.42. The Bertz CT molecular complexity index is 718. The molecule has 2 N–H and O–H groups in total. The van der Waals surface area contributed by atoms with Crippen LogP contribution in [0.2, 0.25) is 0 Å². The quantitative estimate of drug-likeness (QED) is 0.621. The highest BCUT2D eigenvalue weighted by Crippen LogP contribution is 2.37. The lowest BCUT2D eigenvalue weighted by Gasteiger charge is -2.28. The van der Waals surface area contributed by atoms with Crippen molar-refractivity contribution in [2.75, 3.05) is 37.3 Å². The summed E-state index contributed by atoms with van der Waals surface area (Å²) in [5, 5.41) is 5.99. The van der Waals surface area contributed by atoms with Crippen LogP contribution in [-0.4, -0.2) is 43.7 Å². The number of amides is 1. The van der Waals surface area contributed by atoms with Gasteiger partial charge in [-0.3, -0.25) is 10.1 Å². The van der Waals surface area contributed by atoms with Gasteiger partial charge in [0.25, 0.3) is 0 Å². The number of anilines is 2. The molecule has 8 heteroatoms. The number of aromatic nitrogens is 1. The molecule has 0 aromatic carbocycles. The highest BCUT2D eigenvalue weighted by molar-refractivity contribution is 5.81. The molecular weight excluding hydrogens is 381 g/mol. The van der Waals surface area contributed by atoms with Crippen LogP contribution in [0.5, 0.6) is 0 Å². The number of carbonyl (C=O) groups is 1. The van der Waals surface area contributed by atoms with Gasteiger partial charge in [-0.1, -0.05) is 31.2 Å². The molecule has 0 bridgehead atoms. The third kappa shape index (κ3) is 6.70. The second-order valence-electron chi connectivity index (χ2n) is 6.96. The van der Waals surface area contributed by atoms with Gasteiger partial charge in [0.1, 0.15) is 5.69 Å². The number of nitrogens with zero attached hydrogens (tertiary/aromatic N) is 2. The molecule has 5 nitrogen and oxygen atoms in total. The molecule has 2 atom stereocenters. The van der Waals surface area contributed by atoms with Gasteiger partial charge >= 0.3 is 12.0 Å². The zero-order valence-electron chi connectivity index (χ0n) is 16.8. The molecule has 1 aliphatic rings. The van der Waals surface area contributed by atoms with Crippen LogP contribution in [-0.2, 0) is 4.79 Å². The van der Waals surface area contributed by atoms with Gasteiger partial charge in [0, 0.05) is 19.2 Å². The monoisotopic (exact) mass is 409 g/mol. The maximum absolute atomic E-state index is 13.2. The predicted octanol–water partition coefficient (Wildman–Crippen LogP) is 3.48. The normalized spacial score (nSPS) is 18.2. The summed E-state index contributed by atoms with van der Waals surface area (Å²) >= 11 is 0. The fraction of sp³-hybridized carbons (Fsp3) is 0.524. The second-order valence-corrected chi connectivity index (χ2v) is 6.96. The molecule has 1 amide bonds. The lowest BCUT2D eigenvalue weighted by atomic mass is 9.84. The van der Waals surface area contributed by atoms with E-state index in [2.05, 4.69) is 21.8 Å². The smallest absolute Gasteiger partial charge is 0.368 e. The fourth-order valence-corrected chi connectivity index (χ4v) is 3.41. The van der Waals surface area contributed by atoms with Crippen LogP contribution in [0.25, 0.3) is 0 Å². The maximum Gasteiger partial charge on any atom is 0.402 e. The van der Waals surface area contributed by atoms with Crippen LogP contribution in [0.1, 0.15) is 26.2 Å². The Morgan fingerprint density at radius 1 is 1.28 bits per heavy atom. The summed E-state index contributed by atoms with van der Waals surface area (Å²) in [5.41, 5.74) is 0.697. The van der Waals surface area contributed by atoms with E-state index >= 15 is 0 Å². The molecule has 2 rings (SSSR count). The largest absolute Gasteiger partial charge is 0.402 e. The number of halogens is 3. The standard InChI is InChI=1S/C21H27F3N4O/c1-3-13-28(19(29)15-27-18-11-6-12-26-20(18)25-2)14-7-9-16-8-4-5-10-17(16)21(22,23)24/h4-6,8,10-11,16-17,27H,3,7,9,13-15H2,1-2H3/p+1. The molecule has 0 fully saturated rings. The zero-order chi connectivity index (χ0) is 21.3. The van der Waals surface area contributed by atoms with Crippen molar-refractivity contribution in [1.29, 1.82) is 0 Å².